The normalized spacial score (nSPS) is 14.6. The third-order valence-corrected chi connectivity index (χ3v) is 5.54. The fourth-order valence-electron chi connectivity index (χ4n) is 4.60. The maximum Gasteiger partial charge on any atom is 0.158 e. The molecule has 2 aromatic rings. The fraction of sp³-hybridized carbons (Fsp3) is 0.619. The highest BCUT2D eigenvalue weighted by Gasteiger charge is 2.37. The molecular formula is C21H32N4O. The molecule has 0 spiro atoms. The van der Waals surface area contributed by atoms with Crippen LogP contribution in [0.5, 0.6) is 0 Å². The van der Waals surface area contributed by atoms with Crippen molar-refractivity contribution < 1.29 is 5.11 Å². The molecule has 5 nitrogen and oxygen atoms in total. The van der Waals surface area contributed by atoms with Gasteiger partial charge in [0.1, 0.15) is 5.60 Å². The summed E-state index contributed by atoms with van der Waals surface area (Å²) in [5.74, 6) is 0.999. The quantitative estimate of drug-likeness (QED) is 0.838. The third-order valence-electron chi connectivity index (χ3n) is 5.54. The van der Waals surface area contributed by atoms with E-state index < -0.39 is 5.60 Å². The molecule has 3 heterocycles. The number of aromatic nitrogens is 3. The van der Waals surface area contributed by atoms with E-state index in [9.17, 15) is 5.11 Å². The molecule has 0 amide bonds. The van der Waals surface area contributed by atoms with E-state index >= 15 is 0 Å². The van der Waals surface area contributed by atoms with E-state index in [1.165, 1.54) is 11.1 Å². The number of aryl methyl sites for hydroxylation is 3. The van der Waals surface area contributed by atoms with E-state index in [0.717, 1.165) is 68.0 Å². The molecular weight excluding hydrogens is 324 g/mol. The molecule has 0 aromatic carbocycles. The van der Waals surface area contributed by atoms with Crippen LogP contribution in [0.25, 0.3) is 0 Å². The summed E-state index contributed by atoms with van der Waals surface area (Å²) in [6.07, 6.45) is 7.37. The molecule has 26 heavy (non-hydrogen) atoms. The van der Waals surface area contributed by atoms with Gasteiger partial charge in [0.2, 0.25) is 0 Å². The zero-order valence-electron chi connectivity index (χ0n) is 16.8. The number of anilines is 2. The summed E-state index contributed by atoms with van der Waals surface area (Å²) in [5.41, 5.74) is 4.84. The van der Waals surface area contributed by atoms with Gasteiger partial charge in [-0.3, -0.25) is 9.67 Å². The minimum atomic E-state index is -0.791. The van der Waals surface area contributed by atoms with Crippen LogP contribution in [0.1, 0.15) is 68.5 Å². The van der Waals surface area contributed by atoms with Crippen LogP contribution in [-0.4, -0.2) is 26.4 Å². The van der Waals surface area contributed by atoms with Crippen LogP contribution >= 0.6 is 0 Å². The molecule has 142 valence electrons. The van der Waals surface area contributed by atoms with Gasteiger partial charge >= 0.3 is 0 Å². The van der Waals surface area contributed by atoms with Gasteiger partial charge in [-0.05, 0) is 51.2 Å². The lowest BCUT2D eigenvalue weighted by atomic mass is 9.85. The van der Waals surface area contributed by atoms with Crippen LogP contribution in [0.2, 0.25) is 0 Å². The maximum absolute atomic E-state index is 11.5. The third kappa shape index (κ3) is 3.13. The molecule has 0 bridgehead atoms. The Labute approximate surface area is 157 Å². The Morgan fingerprint density at radius 1 is 1.19 bits per heavy atom. The van der Waals surface area contributed by atoms with Crippen molar-refractivity contribution in [2.45, 2.75) is 71.8 Å². The standard InChI is InChI=1S/C21H32N4O/c1-6-11-21(26,12-7-2)19-17-9-8-14-25(20(17)23-24(19)5)18-15(3)10-13-22-16(18)4/h10,13,26H,6-9,11-12,14H2,1-5H3. The minimum Gasteiger partial charge on any atom is -0.384 e. The predicted molar refractivity (Wildman–Crippen MR) is 106 cm³/mol. The lowest BCUT2D eigenvalue weighted by molar-refractivity contribution is 0.00829. The van der Waals surface area contributed by atoms with E-state index in [1.54, 1.807) is 0 Å². The molecule has 0 fully saturated rings. The second-order valence-electron chi connectivity index (χ2n) is 7.62. The summed E-state index contributed by atoms with van der Waals surface area (Å²) in [4.78, 5) is 6.80. The molecule has 0 aliphatic carbocycles. The van der Waals surface area contributed by atoms with Crippen molar-refractivity contribution in [2.75, 3.05) is 11.4 Å². The number of aliphatic hydroxyl groups is 1. The number of pyridine rings is 1. The molecule has 3 rings (SSSR count). The van der Waals surface area contributed by atoms with Crippen LogP contribution in [0, 0.1) is 13.8 Å². The average molecular weight is 357 g/mol. The Kier molecular flexibility index (Phi) is 5.37. The van der Waals surface area contributed by atoms with Gasteiger partial charge in [-0.25, -0.2) is 0 Å². The molecule has 0 radical (unpaired) electrons. The Hall–Kier alpha value is -1.88. The highest BCUT2D eigenvalue weighted by molar-refractivity contribution is 5.70. The van der Waals surface area contributed by atoms with Crippen LogP contribution in [0.4, 0.5) is 11.5 Å². The highest BCUT2D eigenvalue weighted by Crippen LogP contribution is 2.42. The van der Waals surface area contributed by atoms with E-state index in [2.05, 4.69) is 43.6 Å². The highest BCUT2D eigenvalue weighted by atomic mass is 16.3. The van der Waals surface area contributed by atoms with Gasteiger partial charge in [0.05, 0.1) is 17.1 Å². The van der Waals surface area contributed by atoms with Crippen LogP contribution in [0.15, 0.2) is 12.3 Å². The first kappa shape index (κ1) is 18.9. The van der Waals surface area contributed by atoms with Gasteiger partial charge in [0, 0.05) is 25.4 Å². The van der Waals surface area contributed by atoms with Gasteiger partial charge in [0.15, 0.2) is 5.82 Å². The molecule has 1 aliphatic rings. The van der Waals surface area contributed by atoms with Crippen molar-refractivity contribution in [3.63, 3.8) is 0 Å². The molecule has 0 unspecified atom stereocenters. The summed E-state index contributed by atoms with van der Waals surface area (Å²) >= 11 is 0. The van der Waals surface area contributed by atoms with Gasteiger partial charge < -0.3 is 10.0 Å². The summed E-state index contributed by atoms with van der Waals surface area (Å²) in [7, 11) is 1.98. The maximum atomic E-state index is 11.5. The molecule has 5 heteroatoms. The fourth-order valence-corrected chi connectivity index (χ4v) is 4.60. The van der Waals surface area contributed by atoms with E-state index in [4.69, 9.17) is 5.10 Å². The summed E-state index contributed by atoms with van der Waals surface area (Å²) in [5, 5.41) is 16.4. The summed E-state index contributed by atoms with van der Waals surface area (Å²) < 4.78 is 1.93. The number of fused-ring (bicyclic) bond motifs is 1. The predicted octanol–water partition coefficient (Wildman–Crippen LogP) is 4.30. The number of hydrogen-bond donors (Lipinski definition) is 1. The van der Waals surface area contributed by atoms with E-state index in [-0.39, 0.29) is 0 Å². The van der Waals surface area contributed by atoms with Gasteiger partial charge in [-0.15, -0.1) is 0 Å². The van der Waals surface area contributed by atoms with Crippen LogP contribution < -0.4 is 4.90 Å². The van der Waals surface area contributed by atoms with E-state index in [0.29, 0.717) is 0 Å². The second kappa shape index (κ2) is 7.39. The Morgan fingerprint density at radius 2 is 1.88 bits per heavy atom. The smallest absolute Gasteiger partial charge is 0.158 e. The number of nitrogens with zero attached hydrogens (tertiary/aromatic N) is 4. The van der Waals surface area contributed by atoms with Crippen LogP contribution in [0.3, 0.4) is 0 Å². The minimum absolute atomic E-state index is 0.776. The first-order chi connectivity index (χ1) is 12.4. The number of rotatable bonds is 6. The SMILES string of the molecule is CCCC(O)(CCC)c1c2c(nn1C)N(c1c(C)ccnc1C)CCC2. The Balaban J connectivity index is 2.13. The molecule has 0 saturated heterocycles. The number of hydrogen-bond acceptors (Lipinski definition) is 4. The Morgan fingerprint density at radius 3 is 2.50 bits per heavy atom. The van der Waals surface area contributed by atoms with Gasteiger partial charge in [0.25, 0.3) is 0 Å². The van der Waals surface area contributed by atoms with Gasteiger partial charge in [-0.1, -0.05) is 26.7 Å². The topological polar surface area (TPSA) is 54.2 Å². The van der Waals surface area contributed by atoms with Crippen molar-refractivity contribution in [1.29, 1.82) is 0 Å². The van der Waals surface area contributed by atoms with Crippen molar-refractivity contribution >= 4 is 11.5 Å². The van der Waals surface area contributed by atoms with Crippen molar-refractivity contribution in [3.05, 3.63) is 34.8 Å². The summed E-state index contributed by atoms with van der Waals surface area (Å²) in [6, 6.07) is 2.06. The lowest BCUT2D eigenvalue weighted by Gasteiger charge is -2.32. The molecule has 0 atom stereocenters. The Bertz CT molecular complexity index is 754. The zero-order valence-corrected chi connectivity index (χ0v) is 16.8. The molecule has 1 N–H and O–H groups in total. The zero-order chi connectivity index (χ0) is 18.9. The molecule has 1 aliphatic heterocycles. The first-order valence-electron chi connectivity index (χ1n) is 9.91. The van der Waals surface area contributed by atoms with E-state index in [1.807, 2.05) is 17.9 Å². The van der Waals surface area contributed by atoms with Crippen molar-refractivity contribution in [2.24, 2.45) is 7.05 Å². The van der Waals surface area contributed by atoms with Crippen molar-refractivity contribution in [3.8, 4) is 0 Å². The average Bonchev–Trinajstić information content (AvgIpc) is 2.92. The molecule has 0 saturated carbocycles. The lowest BCUT2D eigenvalue weighted by Crippen LogP contribution is -2.31. The first-order valence-corrected chi connectivity index (χ1v) is 9.91. The second-order valence-corrected chi connectivity index (χ2v) is 7.62. The van der Waals surface area contributed by atoms with Gasteiger partial charge in [-0.2, -0.15) is 5.10 Å². The van der Waals surface area contributed by atoms with Crippen molar-refractivity contribution in [1.82, 2.24) is 14.8 Å². The monoisotopic (exact) mass is 356 g/mol. The summed E-state index contributed by atoms with van der Waals surface area (Å²) in [6.45, 7) is 9.41. The molecule has 2 aromatic heterocycles. The van der Waals surface area contributed by atoms with Crippen LogP contribution in [-0.2, 0) is 19.1 Å². The largest absolute Gasteiger partial charge is 0.384 e.